The molecule has 92 valence electrons. The summed E-state index contributed by atoms with van der Waals surface area (Å²) in [5, 5.41) is 3.90. The maximum Gasteiger partial charge on any atom is 0.408 e. The van der Waals surface area contributed by atoms with Gasteiger partial charge in [0.05, 0.1) is 11.6 Å². The molecule has 0 aliphatic rings. The summed E-state index contributed by atoms with van der Waals surface area (Å²) in [6.07, 6.45) is -2.31. The summed E-state index contributed by atoms with van der Waals surface area (Å²) < 4.78 is 42.1. The molecule has 0 aromatic carbocycles. The largest absolute Gasteiger partial charge is 0.408 e. The Kier molecular flexibility index (Phi) is 4.61. The van der Waals surface area contributed by atoms with E-state index < -0.39 is 12.7 Å². The average Bonchev–Trinajstić information content (AvgIpc) is 2.44. The van der Waals surface area contributed by atoms with Crippen LogP contribution in [0.4, 0.5) is 13.2 Å². The molecule has 0 saturated carbocycles. The van der Waals surface area contributed by atoms with Gasteiger partial charge in [-0.05, 0) is 6.42 Å². The Morgan fingerprint density at radius 1 is 1.50 bits per heavy atom. The maximum atomic E-state index is 12.1. The highest BCUT2D eigenvalue weighted by molar-refractivity contribution is 6.31. The van der Waals surface area contributed by atoms with Crippen molar-refractivity contribution in [3.63, 3.8) is 0 Å². The van der Waals surface area contributed by atoms with Crippen LogP contribution >= 0.6 is 11.6 Å². The fraction of sp³-hybridized carbons (Fsp3) is 0.667. The second kappa shape index (κ2) is 5.54. The van der Waals surface area contributed by atoms with Gasteiger partial charge in [-0.15, -0.1) is 0 Å². The molecule has 1 aromatic rings. The molecule has 0 atom stereocenters. The number of ether oxygens (including phenoxy) is 1. The second-order valence-electron chi connectivity index (χ2n) is 3.29. The first-order valence-electron chi connectivity index (χ1n) is 4.78. The molecule has 0 spiro atoms. The van der Waals surface area contributed by atoms with Gasteiger partial charge in [-0.2, -0.15) is 18.3 Å². The van der Waals surface area contributed by atoms with Crippen molar-refractivity contribution in [2.24, 2.45) is 0 Å². The predicted molar refractivity (Wildman–Crippen MR) is 53.2 cm³/mol. The van der Waals surface area contributed by atoms with Crippen LogP contribution in [0.5, 0.6) is 0 Å². The fourth-order valence-corrected chi connectivity index (χ4v) is 1.32. The minimum Gasteiger partial charge on any atom is -0.375 e. The van der Waals surface area contributed by atoms with Gasteiger partial charge >= 0.3 is 6.18 Å². The number of alkyl halides is 3. The van der Waals surface area contributed by atoms with Gasteiger partial charge in [0.15, 0.2) is 0 Å². The standard InChI is InChI=1S/C9H12ClF3N2O/c1-2-3-16-5-8-7(10)4-15(14-8)6-9(11,12)13/h4H,2-3,5-6H2,1H3. The molecule has 0 fully saturated rings. The van der Waals surface area contributed by atoms with Crippen LogP contribution in [-0.4, -0.2) is 22.6 Å². The van der Waals surface area contributed by atoms with E-state index in [1.54, 1.807) is 0 Å². The van der Waals surface area contributed by atoms with E-state index in [4.69, 9.17) is 16.3 Å². The normalized spacial score (nSPS) is 12.1. The highest BCUT2D eigenvalue weighted by Gasteiger charge is 2.28. The summed E-state index contributed by atoms with van der Waals surface area (Å²) in [6.45, 7) is 1.46. The van der Waals surface area contributed by atoms with Crippen molar-refractivity contribution in [1.82, 2.24) is 9.78 Å². The van der Waals surface area contributed by atoms with E-state index in [1.165, 1.54) is 0 Å². The SMILES string of the molecule is CCCOCc1nn(CC(F)(F)F)cc1Cl. The molecule has 0 saturated heterocycles. The monoisotopic (exact) mass is 256 g/mol. The van der Waals surface area contributed by atoms with Crippen LogP contribution in [-0.2, 0) is 17.9 Å². The minimum atomic E-state index is -4.29. The van der Waals surface area contributed by atoms with Gasteiger partial charge in [0, 0.05) is 12.8 Å². The first kappa shape index (κ1) is 13.3. The molecule has 0 aliphatic heterocycles. The van der Waals surface area contributed by atoms with Gasteiger partial charge in [-0.25, -0.2) is 0 Å². The van der Waals surface area contributed by atoms with Crippen molar-refractivity contribution in [3.05, 3.63) is 16.9 Å². The Hall–Kier alpha value is -0.750. The van der Waals surface area contributed by atoms with Crippen LogP contribution in [0.15, 0.2) is 6.20 Å². The van der Waals surface area contributed by atoms with E-state index in [-0.39, 0.29) is 11.6 Å². The van der Waals surface area contributed by atoms with Crippen molar-refractivity contribution >= 4 is 11.6 Å². The van der Waals surface area contributed by atoms with Crippen LogP contribution in [0, 0.1) is 0 Å². The zero-order chi connectivity index (χ0) is 12.2. The zero-order valence-corrected chi connectivity index (χ0v) is 9.48. The quantitative estimate of drug-likeness (QED) is 0.757. The van der Waals surface area contributed by atoms with Crippen LogP contribution in [0.3, 0.4) is 0 Å². The molecule has 1 heterocycles. The first-order chi connectivity index (χ1) is 7.42. The lowest BCUT2D eigenvalue weighted by Gasteiger charge is -2.05. The average molecular weight is 257 g/mol. The number of nitrogens with zero attached hydrogens (tertiary/aromatic N) is 2. The molecule has 16 heavy (non-hydrogen) atoms. The van der Waals surface area contributed by atoms with E-state index in [1.807, 2.05) is 6.92 Å². The summed E-state index contributed by atoms with van der Waals surface area (Å²) >= 11 is 5.72. The molecule has 0 unspecified atom stereocenters. The van der Waals surface area contributed by atoms with Crippen molar-refractivity contribution in [2.45, 2.75) is 32.7 Å². The molecule has 1 aromatic heterocycles. The van der Waals surface area contributed by atoms with Crippen LogP contribution < -0.4 is 0 Å². The number of halogens is 4. The van der Waals surface area contributed by atoms with E-state index >= 15 is 0 Å². The highest BCUT2D eigenvalue weighted by atomic mass is 35.5. The Morgan fingerprint density at radius 2 is 2.19 bits per heavy atom. The first-order valence-corrected chi connectivity index (χ1v) is 5.16. The summed E-state index contributed by atoms with van der Waals surface area (Å²) in [5.74, 6) is 0. The Bertz CT molecular complexity index is 338. The van der Waals surface area contributed by atoms with Gasteiger partial charge in [-0.3, -0.25) is 4.68 Å². The molecular formula is C9H12ClF3N2O. The molecule has 1 rings (SSSR count). The van der Waals surface area contributed by atoms with Gasteiger partial charge in [0.1, 0.15) is 12.2 Å². The van der Waals surface area contributed by atoms with Gasteiger partial charge in [0.2, 0.25) is 0 Å². The maximum absolute atomic E-state index is 12.1. The van der Waals surface area contributed by atoms with E-state index in [9.17, 15) is 13.2 Å². The topological polar surface area (TPSA) is 27.1 Å². The molecule has 3 nitrogen and oxygen atoms in total. The number of hydrogen-bond acceptors (Lipinski definition) is 2. The van der Waals surface area contributed by atoms with E-state index in [0.717, 1.165) is 17.3 Å². The fourth-order valence-electron chi connectivity index (χ4n) is 1.11. The third kappa shape index (κ3) is 4.40. The highest BCUT2D eigenvalue weighted by Crippen LogP contribution is 2.20. The zero-order valence-electron chi connectivity index (χ0n) is 8.72. The lowest BCUT2D eigenvalue weighted by molar-refractivity contribution is -0.142. The second-order valence-corrected chi connectivity index (χ2v) is 3.70. The molecule has 0 aliphatic carbocycles. The van der Waals surface area contributed by atoms with Crippen molar-refractivity contribution in [3.8, 4) is 0 Å². The Labute approximate surface area is 96.1 Å². The number of rotatable bonds is 5. The van der Waals surface area contributed by atoms with Crippen LogP contribution in [0.2, 0.25) is 5.02 Å². The van der Waals surface area contributed by atoms with Gasteiger partial charge < -0.3 is 4.74 Å². The molecular weight excluding hydrogens is 245 g/mol. The van der Waals surface area contributed by atoms with E-state index in [0.29, 0.717) is 12.3 Å². The number of aromatic nitrogens is 2. The molecule has 0 radical (unpaired) electrons. The van der Waals surface area contributed by atoms with Crippen LogP contribution in [0.25, 0.3) is 0 Å². The minimum absolute atomic E-state index is 0.136. The summed E-state index contributed by atoms with van der Waals surface area (Å²) in [5.41, 5.74) is 0.333. The van der Waals surface area contributed by atoms with Crippen LogP contribution in [0.1, 0.15) is 19.0 Å². The third-order valence-corrected chi connectivity index (χ3v) is 2.03. The number of hydrogen-bond donors (Lipinski definition) is 0. The Balaban J connectivity index is 2.59. The molecule has 0 N–H and O–H groups in total. The van der Waals surface area contributed by atoms with Gasteiger partial charge in [0.25, 0.3) is 0 Å². The Morgan fingerprint density at radius 3 is 2.75 bits per heavy atom. The van der Waals surface area contributed by atoms with Crippen molar-refractivity contribution in [2.75, 3.05) is 6.61 Å². The summed E-state index contributed by atoms with van der Waals surface area (Å²) in [7, 11) is 0. The lowest BCUT2D eigenvalue weighted by atomic mass is 10.4. The molecule has 0 bridgehead atoms. The molecule has 0 amide bonds. The smallest absolute Gasteiger partial charge is 0.375 e. The predicted octanol–water partition coefficient (Wildman–Crippen LogP) is 3.03. The lowest BCUT2D eigenvalue weighted by Crippen LogP contribution is -2.18. The van der Waals surface area contributed by atoms with Crippen molar-refractivity contribution < 1.29 is 17.9 Å². The summed E-state index contributed by atoms with van der Waals surface area (Å²) in [4.78, 5) is 0. The van der Waals surface area contributed by atoms with Gasteiger partial charge in [-0.1, -0.05) is 18.5 Å². The third-order valence-electron chi connectivity index (χ3n) is 1.72. The van der Waals surface area contributed by atoms with E-state index in [2.05, 4.69) is 5.10 Å². The molecule has 7 heteroatoms. The van der Waals surface area contributed by atoms with Crippen molar-refractivity contribution in [1.29, 1.82) is 0 Å². The summed E-state index contributed by atoms with van der Waals surface area (Å²) in [6, 6.07) is 0.